The number of halogens is 3. The van der Waals surface area contributed by atoms with Crippen molar-refractivity contribution in [2.45, 2.75) is 26.3 Å². The van der Waals surface area contributed by atoms with E-state index in [2.05, 4.69) is 5.32 Å². The largest absolute Gasteiger partial charge is 0.324 e. The van der Waals surface area contributed by atoms with Gasteiger partial charge in [-0.1, -0.05) is 36.2 Å². The average molecular weight is 433 g/mol. The molecule has 1 N–H and O–H groups in total. The van der Waals surface area contributed by atoms with Crippen LogP contribution in [0.25, 0.3) is 0 Å². The predicted octanol–water partition coefficient (Wildman–Crippen LogP) is 4.62. The van der Waals surface area contributed by atoms with Crippen molar-refractivity contribution in [1.82, 2.24) is 0 Å². The van der Waals surface area contributed by atoms with E-state index in [1.807, 2.05) is 0 Å². The molecule has 2 rings (SSSR count). The van der Waals surface area contributed by atoms with Gasteiger partial charge in [0.25, 0.3) is 0 Å². The van der Waals surface area contributed by atoms with Crippen LogP contribution in [0.3, 0.4) is 0 Å². The number of benzene rings is 2. The maximum absolute atomic E-state index is 13.5. The second kappa shape index (κ2) is 8.46. The number of carbonyl (C=O) groups excluding carboxylic acids is 1. The highest BCUT2D eigenvalue weighted by Crippen LogP contribution is 2.28. The molecule has 0 fully saturated rings. The highest BCUT2D eigenvalue weighted by Gasteiger charge is 2.32. The first-order valence-corrected chi connectivity index (χ1v) is 10.7. The lowest BCUT2D eigenvalue weighted by Gasteiger charge is -2.30. The molecule has 2 aromatic rings. The maximum atomic E-state index is 13.5. The minimum Gasteiger partial charge on any atom is -0.324 e. The normalized spacial score (nSPS) is 12.5. The zero-order valence-electron chi connectivity index (χ0n) is 15.0. The Morgan fingerprint density at radius 1 is 1.22 bits per heavy atom. The molecule has 0 aliphatic heterocycles. The van der Waals surface area contributed by atoms with Crippen LogP contribution in [0.1, 0.15) is 18.9 Å². The van der Waals surface area contributed by atoms with E-state index >= 15 is 0 Å². The van der Waals surface area contributed by atoms with E-state index in [1.165, 1.54) is 12.1 Å². The first-order chi connectivity index (χ1) is 12.5. The van der Waals surface area contributed by atoms with E-state index in [1.54, 1.807) is 32.0 Å². The summed E-state index contributed by atoms with van der Waals surface area (Å²) in [4.78, 5) is 12.9. The minimum atomic E-state index is -3.85. The van der Waals surface area contributed by atoms with Gasteiger partial charge in [0.1, 0.15) is 11.9 Å². The molecule has 5 nitrogen and oxygen atoms in total. The number of hydrogen-bond acceptors (Lipinski definition) is 3. The summed E-state index contributed by atoms with van der Waals surface area (Å²) in [5.41, 5.74) is 1.36. The molecule has 0 radical (unpaired) electrons. The maximum Gasteiger partial charge on any atom is 0.248 e. The van der Waals surface area contributed by atoms with Gasteiger partial charge >= 0.3 is 0 Å². The summed E-state index contributed by atoms with van der Waals surface area (Å²) in [5.74, 6) is -1.21. The summed E-state index contributed by atoms with van der Waals surface area (Å²) in [6.07, 6.45) is 1.17. The molecule has 0 aliphatic carbocycles. The van der Waals surface area contributed by atoms with Crippen LogP contribution in [0.5, 0.6) is 0 Å². The molecule has 0 unspecified atom stereocenters. The van der Waals surface area contributed by atoms with Gasteiger partial charge < -0.3 is 5.32 Å². The number of anilines is 2. The Balaban J connectivity index is 2.44. The molecule has 0 aliphatic rings. The molecule has 146 valence electrons. The van der Waals surface area contributed by atoms with E-state index in [0.717, 1.165) is 22.2 Å². The fourth-order valence-corrected chi connectivity index (χ4v) is 4.18. The van der Waals surface area contributed by atoms with Crippen molar-refractivity contribution < 1.29 is 17.6 Å². The zero-order chi connectivity index (χ0) is 20.4. The third-order valence-electron chi connectivity index (χ3n) is 3.94. The van der Waals surface area contributed by atoms with Gasteiger partial charge in [0.2, 0.25) is 15.9 Å². The molecule has 0 heterocycles. The summed E-state index contributed by atoms with van der Waals surface area (Å²) < 4.78 is 39.2. The van der Waals surface area contributed by atoms with Gasteiger partial charge in [0.15, 0.2) is 0 Å². The lowest BCUT2D eigenvalue weighted by atomic mass is 10.1. The Hall–Kier alpha value is -1.83. The lowest BCUT2D eigenvalue weighted by molar-refractivity contribution is -0.117. The minimum absolute atomic E-state index is 0.105. The smallest absolute Gasteiger partial charge is 0.248 e. The number of rotatable bonds is 6. The lowest BCUT2D eigenvalue weighted by Crippen LogP contribution is -2.47. The van der Waals surface area contributed by atoms with E-state index in [0.29, 0.717) is 10.7 Å². The van der Waals surface area contributed by atoms with E-state index in [-0.39, 0.29) is 17.1 Å². The van der Waals surface area contributed by atoms with Crippen molar-refractivity contribution in [3.05, 3.63) is 57.8 Å². The first kappa shape index (κ1) is 21.5. The van der Waals surface area contributed by atoms with E-state index < -0.39 is 27.8 Å². The quantitative estimate of drug-likeness (QED) is 0.723. The van der Waals surface area contributed by atoms with Gasteiger partial charge in [0.05, 0.1) is 17.0 Å². The molecule has 2 aromatic carbocycles. The Kier molecular flexibility index (Phi) is 6.72. The summed E-state index contributed by atoms with van der Waals surface area (Å²) in [6.45, 7) is 3.47. The highest BCUT2D eigenvalue weighted by molar-refractivity contribution is 7.92. The van der Waals surface area contributed by atoms with Gasteiger partial charge in [-0.25, -0.2) is 12.8 Å². The SMILES string of the molecule is CC[C@H](C(=O)Nc1cc(Cl)ccc1C)N(c1ccc(F)c(Cl)c1)S(C)(=O)=O. The van der Waals surface area contributed by atoms with Gasteiger partial charge in [-0.3, -0.25) is 9.10 Å². The number of amides is 1. The predicted molar refractivity (Wildman–Crippen MR) is 108 cm³/mol. The molecule has 0 spiro atoms. The fourth-order valence-electron chi connectivity index (χ4n) is 2.63. The van der Waals surface area contributed by atoms with Crippen LogP contribution < -0.4 is 9.62 Å². The average Bonchev–Trinajstić information content (AvgIpc) is 2.57. The third-order valence-corrected chi connectivity index (χ3v) is 5.65. The monoisotopic (exact) mass is 432 g/mol. The van der Waals surface area contributed by atoms with Crippen molar-refractivity contribution in [3.8, 4) is 0 Å². The number of aryl methyl sites for hydroxylation is 1. The summed E-state index contributed by atoms with van der Waals surface area (Å²) in [7, 11) is -3.85. The van der Waals surface area contributed by atoms with Crippen molar-refractivity contribution in [2.24, 2.45) is 0 Å². The van der Waals surface area contributed by atoms with Crippen molar-refractivity contribution in [1.29, 1.82) is 0 Å². The number of nitrogens with zero attached hydrogens (tertiary/aromatic N) is 1. The molecule has 0 saturated heterocycles. The van der Waals surface area contributed by atoms with E-state index in [9.17, 15) is 17.6 Å². The second-order valence-corrected chi connectivity index (χ2v) is 8.73. The van der Waals surface area contributed by atoms with Crippen LogP contribution in [0.4, 0.5) is 15.8 Å². The molecule has 0 bridgehead atoms. The summed E-state index contributed by atoms with van der Waals surface area (Å²) in [6, 6.07) is 7.46. The van der Waals surface area contributed by atoms with Crippen molar-refractivity contribution >= 4 is 50.5 Å². The van der Waals surface area contributed by atoms with Crippen LogP contribution in [-0.4, -0.2) is 26.6 Å². The summed E-state index contributed by atoms with van der Waals surface area (Å²) in [5, 5.41) is 2.92. The molecule has 0 saturated carbocycles. The molecule has 27 heavy (non-hydrogen) atoms. The Bertz CT molecular complexity index is 967. The number of nitrogens with one attached hydrogen (secondary N) is 1. The highest BCUT2D eigenvalue weighted by atomic mass is 35.5. The van der Waals surface area contributed by atoms with Crippen LogP contribution >= 0.6 is 23.2 Å². The molecule has 1 atom stereocenters. The van der Waals surface area contributed by atoms with E-state index in [4.69, 9.17) is 23.2 Å². The zero-order valence-corrected chi connectivity index (χ0v) is 17.3. The van der Waals surface area contributed by atoms with Crippen molar-refractivity contribution in [3.63, 3.8) is 0 Å². The topological polar surface area (TPSA) is 66.5 Å². The second-order valence-electron chi connectivity index (χ2n) is 6.03. The van der Waals surface area contributed by atoms with Crippen LogP contribution in [-0.2, 0) is 14.8 Å². The molecular formula is C18H19Cl2FN2O3S. The Morgan fingerprint density at radius 2 is 1.89 bits per heavy atom. The van der Waals surface area contributed by atoms with Gasteiger partial charge in [-0.05, 0) is 49.2 Å². The van der Waals surface area contributed by atoms with Gasteiger partial charge in [-0.15, -0.1) is 0 Å². The Labute approximate surface area is 168 Å². The van der Waals surface area contributed by atoms with Crippen LogP contribution in [0, 0.1) is 12.7 Å². The van der Waals surface area contributed by atoms with Crippen LogP contribution in [0.2, 0.25) is 10.0 Å². The van der Waals surface area contributed by atoms with Crippen molar-refractivity contribution in [2.75, 3.05) is 15.9 Å². The van der Waals surface area contributed by atoms with Gasteiger partial charge in [0, 0.05) is 10.7 Å². The third kappa shape index (κ3) is 5.12. The number of hydrogen-bond donors (Lipinski definition) is 1. The fraction of sp³-hybridized carbons (Fsp3) is 0.278. The molecule has 1 amide bonds. The van der Waals surface area contributed by atoms with Crippen LogP contribution in [0.15, 0.2) is 36.4 Å². The standard InChI is InChI=1S/C18H19Cl2FN2O3S/c1-4-17(18(24)22-16-9-12(19)6-5-11(16)2)23(27(3,25)26)13-7-8-15(21)14(20)10-13/h5-10,17H,4H2,1-3H3,(H,22,24)/t17-/m1/s1. The molecule has 9 heteroatoms. The first-order valence-electron chi connectivity index (χ1n) is 8.06. The molecular weight excluding hydrogens is 414 g/mol. The number of sulfonamides is 1. The summed E-state index contributed by atoms with van der Waals surface area (Å²) >= 11 is 11.8. The van der Waals surface area contributed by atoms with Gasteiger partial charge in [-0.2, -0.15) is 0 Å². The Morgan fingerprint density at radius 3 is 2.44 bits per heavy atom. The molecule has 0 aromatic heterocycles. The number of carbonyl (C=O) groups is 1.